The van der Waals surface area contributed by atoms with Gasteiger partial charge in [0.05, 0.1) is 17.9 Å². The Morgan fingerprint density at radius 3 is 1.79 bits per heavy atom. The largest absolute Gasteiger partial charge is 0.490 e. The zero-order valence-corrected chi connectivity index (χ0v) is 13.0. The average molecular weight is 359 g/mol. The highest BCUT2D eigenvalue weighted by molar-refractivity contribution is 5.87. The van der Waals surface area contributed by atoms with Crippen molar-refractivity contribution < 1.29 is 42.6 Å². The van der Waals surface area contributed by atoms with Gasteiger partial charge in [-0.2, -0.15) is 13.2 Å². The van der Waals surface area contributed by atoms with Crippen LogP contribution in [0.5, 0.6) is 0 Å². The second kappa shape index (κ2) is 9.70. The Bertz CT molecular complexity index is 479. The van der Waals surface area contributed by atoms with Crippen LogP contribution in [-0.4, -0.2) is 52.7 Å². The van der Waals surface area contributed by atoms with Gasteiger partial charge in [-0.15, -0.1) is 0 Å². The highest BCUT2D eigenvalue weighted by Gasteiger charge is 2.38. The molecule has 0 radical (unpaired) electrons. The molecular weight excluding hydrogens is 339 g/mol. The van der Waals surface area contributed by atoms with Gasteiger partial charge in [-0.3, -0.25) is 14.4 Å². The summed E-state index contributed by atoms with van der Waals surface area (Å²) in [6.07, 6.45) is -5.04. The minimum atomic E-state index is -5.08. The number of primary amides is 1. The number of hydrogen-bond acceptors (Lipinski definition) is 5. The predicted molar refractivity (Wildman–Crippen MR) is 74.5 cm³/mol. The van der Waals surface area contributed by atoms with E-state index in [1.54, 1.807) is 13.8 Å². The van der Waals surface area contributed by atoms with Crippen LogP contribution < -0.4 is 16.8 Å². The second-order valence-electron chi connectivity index (χ2n) is 5.31. The lowest BCUT2D eigenvalue weighted by Crippen LogP contribution is -2.44. The number of aliphatic carboxylic acids is 2. The first-order chi connectivity index (χ1) is 10.6. The van der Waals surface area contributed by atoms with Crippen molar-refractivity contribution in [2.45, 2.75) is 38.9 Å². The number of carbonyl (C=O) groups excluding carboxylic acids is 2. The van der Waals surface area contributed by atoms with Gasteiger partial charge < -0.3 is 27.0 Å². The van der Waals surface area contributed by atoms with Crippen molar-refractivity contribution in [3.8, 4) is 0 Å². The van der Waals surface area contributed by atoms with Crippen LogP contribution in [-0.2, 0) is 19.2 Å². The lowest BCUT2D eigenvalue weighted by Gasteiger charge is -2.19. The lowest BCUT2D eigenvalue weighted by atomic mass is 9.89. The Morgan fingerprint density at radius 1 is 1.08 bits per heavy atom. The van der Waals surface area contributed by atoms with Crippen LogP contribution in [0, 0.1) is 5.41 Å². The summed E-state index contributed by atoms with van der Waals surface area (Å²) >= 11 is 0. The lowest BCUT2D eigenvalue weighted by molar-refractivity contribution is -0.192. The molecule has 140 valence electrons. The van der Waals surface area contributed by atoms with E-state index in [2.05, 4.69) is 5.32 Å². The third kappa shape index (κ3) is 11.2. The summed E-state index contributed by atoms with van der Waals surface area (Å²) in [6.45, 7) is 3.31. The molecule has 1 unspecified atom stereocenters. The van der Waals surface area contributed by atoms with E-state index in [1.807, 2.05) is 0 Å². The molecule has 0 aromatic heterocycles. The van der Waals surface area contributed by atoms with Crippen molar-refractivity contribution in [1.82, 2.24) is 5.32 Å². The third-order valence-electron chi connectivity index (χ3n) is 2.63. The SMILES string of the molecule is CC(C)(CCNC(=O)C(N)CC(N)=O)C(=O)O.O=C(O)C(F)(F)F. The van der Waals surface area contributed by atoms with E-state index in [1.165, 1.54) is 0 Å². The number of halogens is 3. The number of nitrogens with two attached hydrogens (primary N) is 2. The van der Waals surface area contributed by atoms with E-state index in [9.17, 15) is 27.6 Å². The van der Waals surface area contributed by atoms with Gasteiger partial charge in [0.15, 0.2) is 0 Å². The smallest absolute Gasteiger partial charge is 0.481 e. The molecule has 0 aromatic carbocycles. The van der Waals surface area contributed by atoms with E-state index < -0.39 is 41.4 Å². The maximum absolute atomic E-state index is 11.3. The summed E-state index contributed by atoms with van der Waals surface area (Å²) in [5.41, 5.74) is 9.38. The van der Waals surface area contributed by atoms with Gasteiger partial charge >= 0.3 is 18.1 Å². The number of carbonyl (C=O) groups is 4. The van der Waals surface area contributed by atoms with Crippen LogP contribution >= 0.6 is 0 Å². The summed E-state index contributed by atoms with van der Waals surface area (Å²) in [5, 5.41) is 18.4. The summed E-state index contributed by atoms with van der Waals surface area (Å²) in [6, 6.07) is -0.986. The molecular formula is C12H20F3N3O6. The van der Waals surface area contributed by atoms with Crippen LogP contribution in [0.2, 0.25) is 0 Å². The molecule has 0 heterocycles. The first-order valence-corrected chi connectivity index (χ1v) is 6.46. The minimum absolute atomic E-state index is 0.185. The topological polar surface area (TPSA) is 173 Å². The summed E-state index contributed by atoms with van der Waals surface area (Å²) in [4.78, 5) is 41.5. The highest BCUT2D eigenvalue weighted by atomic mass is 19.4. The minimum Gasteiger partial charge on any atom is -0.481 e. The fourth-order valence-corrected chi connectivity index (χ4v) is 1.05. The van der Waals surface area contributed by atoms with Crippen LogP contribution in [0.1, 0.15) is 26.7 Å². The van der Waals surface area contributed by atoms with Crippen molar-refractivity contribution in [1.29, 1.82) is 0 Å². The molecule has 2 amide bonds. The number of hydrogen-bond donors (Lipinski definition) is 5. The maximum atomic E-state index is 11.3. The fraction of sp³-hybridized carbons (Fsp3) is 0.667. The number of nitrogens with one attached hydrogen (secondary N) is 1. The monoisotopic (exact) mass is 359 g/mol. The Balaban J connectivity index is 0. The average Bonchev–Trinajstić information content (AvgIpc) is 2.36. The molecule has 0 spiro atoms. The zero-order valence-electron chi connectivity index (χ0n) is 13.0. The number of amides is 2. The predicted octanol–water partition coefficient (Wildman–Crippen LogP) is -0.560. The molecule has 0 bridgehead atoms. The molecule has 0 aliphatic rings. The van der Waals surface area contributed by atoms with Crippen molar-refractivity contribution in [3.05, 3.63) is 0 Å². The first kappa shape index (κ1) is 23.9. The Morgan fingerprint density at radius 2 is 1.50 bits per heavy atom. The fourth-order valence-electron chi connectivity index (χ4n) is 1.05. The van der Waals surface area contributed by atoms with Crippen LogP contribution in [0.3, 0.4) is 0 Å². The molecule has 24 heavy (non-hydrogen) atoms. The molecule has 0 saturated carbocycles. The molecule has 0 aromatic rings. The highest BCUT2D eigenvalue weighted by Crippen LogP contribution is 2.19. The number of rotatable bonds is 7. The van der Waals surface area contributed by atoms with Crippen molar-refractivity contribution in [2.24, 2.45) is 16.9 Å². The van der Waals surface area contributed by atoms with E-state index in [0.29, 0.717) is 0 Å². The standard InChI is InChI=1S/C10H19N3O4.C2HF3O2/c1-10(2,9(16)17)3-4-13-8(15)6(11)5-7(12)14;3-2(4,5)1(6)7/h6H,3-5,11H2,1-2H3,(H2,12,14)(H,13,15)(H,16,17);(H,6,7). The van der Waals surface area contributed by atoms with Crippen LogP contribution in [0.4, 0.5) is 13.2 Å². The molecule has 12 heteroatoms. The molecule has 7 N–H and O–H groups in total. The quantitative estimate of drug-likeness (QED) is 0.405. The van der Waals surface area contributed by atoms with Crippen molar-refractivity contribution in [2.75, 3.05) is 6.54 Å². The second-order valence-corrected chi connectivity index (χ2v) is 5.31. The molecule has 0 aliphatic heterocycles. The number of carboxylic acid groups (broad SMARTS) is 2. The van der Waals surface area contributed by atoms with E-state index >= 15 is 0 Å². The van der Waals surface area contributed by atoms with Crippen LogP contribution in [0.25, 0.3) is 0 Å². The van der Waals surface area contributed by atoms with Gasteiger partial charge in [0, 0.05) is 6.54 Å². The molecule has 0 rings (SSSR count). The zero-order chi connectivity index (χ0) is 19.7. The van der Waals surface area contributed by atoms with Gasteiger partial charge in [-0.05, 0) is 20.3 Å². The van der Waals surface area contributed by atoms with Gasteiger partial charge in [-0.25, -0.2) is 4.79 Å². The molecule has 1 atom stereocenters. The maximum Gasteiger partial charge on any atom is 0.490 e. The van der Waals surface area contributed by atoms with Gasteiger partial charge in [0.2, 0.25) is 11.8 Å². The number of carboxylic acids is 2. The molecule has 0 fully saturated rings. The normalized spacial score (nSPS) is 12.4. The van der Waals surface area contributed by atoms with Crippen LogP contribution in [0.15, 0.2) is 0 Å². The first-order valence-electron chi connectivity index (χ1n) is 6.46. The molecule has 0 aliphatic carbocycles. The molecule has 0 saturated heterocycles. The van der Waals surface area contributed by atoms with E-state index in [-0.39, 0.29) is 19.4 Å². The van der Waals surface area contributed by atoms with Gasteiger partial charge in [0.25, 0.3) is 0 Å². The number of alkyl halides is 3. The summed E-state index contributed by atoms with van der Waals surface area (Å²) < 4.78 is 31.7. The summed E-state index contributed by atoms with van der Waals surface area (Å²) in [5.74, 6) is -4.86. The third-order valence-corrected chi connectivity index (χ3v) is 2.63. The Hall–Kier alpha value is -2.37. The van der Waals surface area contributed by atoms with Crippen molar-refractivity contribution in [3.63, 3.8) is 0 Å². The van der Waals surface area contributed by atoms with Gasteiger partial charge in [-0.1, -0.05) is 0 Å². The Labute approximate surface area is 135 Å². The van der Waals surface area contributed by atoms with E-state index in [4.69, 9.17) is 26.5 Å². The van der Waals surface area contributed by atoms with Crippen molar-refractivity contribution >= 4 is 23.8 Å². The Kier molecular flexibility index (Phi) is 9.65. The van der Waals surface area contributed by atoms with E-state index in [0.717, 1.165) is 0 Å². The molecule has 9 nitrogen and oxygen atoms in total. The summed E-state index contributed by atoms with van der Waals surface area (Å²) in [7, 11) is 0. The van der Waals surface area contributed by atoms with Gasteiger partial charge in [0.1, 0.15) is 0 Å².